The number of carbonyl (C=O) groups is 2. The SMILES string of the molecule is O=C(CSC12CC3CC(CC(C3)C1)C2)Nc1ccccc1C(=O)NC1CC1. The van der Waals surface area contributed by atoms with E-state index in [1.165, 1.54) is 38.5 Å². The predicted molar refractivity (Wildman–Crippen MR) is 109 cm³/mol. The largest absolute Gasteiger partial charge is 0.349 e. The van der Waals surface area contributed by atoms with E-state index in [0.29, 0.717) is 27.8 Å². The van der Waals surface area contributed by atoms with Crippen molar-refractivity contribution in [2.45, 2.75) is 62.2 Å². The molecule has 6 rings (SSSR count). The van der Waals surface area contributed by atoms with Crippen molar-refractivity contribution in [3.8, 4) is 0 Å². The molecule has 5 fully saturated rings. The molecule has 5 saturated carbocycles. The Morgan fingerprint density at radius 2 is 1.63 bits per heavy atom. The molecule has 0 saturated heterocycles. The molecule has 5 aliphatic carbocycles. The number of para-hydroxylation sites is 1. The number of nitrogens with one attached hydrogen (secondary N) is 2. The fraction of sp³-hybridized carbons (Fsp3) is 0.636. The van der Waals surface area contributed by atoms with Crippen LogP contribution in [0.15, 0.2) is 24.3 Å². The Balaban J connectivity index is 1.21. The molecule has 27 heavy (non-hydrogen) atoms. The first-order chi connectivity index (χ1) is 13.1. The summed E-state index contributed by atoms with van der Waals surface area (Å²) in [5.41, 5.74) is 1.20. The van der Waals surface area contributed by atoms with Gasteiger partial charge in [-0.05, 0) is 81.3 Å². The average Bonchev–Trinajstić information content (AvgIpc) is 3.43. The van der Waals surface area contributed by atoms with Crippen molar-refractivity contribution < 1.29 is 9.59 Å². The van der Waals surface area contributed by atoms with Gasteiger partial charge in [-0.25, -0.2) is 0 Å². The Bertz CT molecular complexity index is 723. The molecule has 0 radical (unpaired) electrons. The second-order valence-electron chi connectivity index (χ2n) is 9.23. The molecule has 2 amide bonds. The summed E-state index contributed by atoms with van der Waals surface area (Å²) in [6.45, 7) is 0. The van der Waals surface area contributed by atoms with Gasteiger partial charge in [-0.3, -0.25) is 9.59 Å². The van der Waals surface area contributed by atoms with Crippen molar-refractivity contribution in [1.82, 2.24) is 5.32 Å². The number of hydrogen-bond acceptors (Lipinski definition) is 3. The van der Waals surface area contributed by atoms with E-state index < -0.39 is 0 Å². The quantitative estimate of drug-likeness (QED) is 0.772. The molecule has 144 valence electrons. The lowest BCUT2D eigenvalue weighted by molar-refractivity contribution is -0.113. The molecule has 2 N–H and O–H groups in total. The van der Waals surface area contributed by atoms with Gasteiger partial charge >= 0.3 is 0 Å². The van der Waals surface area contributed by atoms with Crippen molar-refractivity contribution in [3.05, 3.63) is 29.8 Å². The van der Waals surface area contributed by atoms with Crippen molar-refractivity contribution in [2.75, 3.05) is 11.1 Å². The van der Waals surface area contributed by atoms with E-state index in [0.717, 1.165) is 30.6 Å². The molecule has 4 nitrogen and oxygen atoms in total. The molecule has 0 heterocycles. The zero-order chi connectivity index (χ0) is 18.4. The van der Waals surface area contributed by atoms with Gasteiger partial charge in [-0.15, -0.1) is 11.8 Å². The predicted octanol–water partition coefficient (Wildman–Crippen LogP) is 4.22. The van der Waals surface area contributed by atoms with E-state index >= 15 is 0 Å². The molecule has 0 atom stereocenters. The lowest BCUT2D eigenvalue weighted by Crippen LogP contribution is -2.49. The molecule has 4 bridgehead atoms. The van der Waals surface area contributed by atoms with Gasteiger partial charge < -0.3 is 10.6 Å². The van der Waals surface area contributed by atoms with Gasteiger partial charge in [0.15, 0.2) is 0 Å². The van der Waals surface area contributed by atoms with E-state index in [2.05, 4.69) is 10.6 Å². The van der Waals surface area contributed by atoms with Crippen LogP contribution in [0, 0.1) is 17.8 Å². The highest BCUT2D eigenvalue weighted by molar-refractivity contribution is 8.01. The number of hydrogen-bond donors (Lipinski definition) is 2. The van der Waals surface area contributed by atoms with Crippen LogP contribution in [-0.2, 0) is 4.79 Å². The topological polar surface area (TPSA) is 58.2 Å². The van der Waals surface area contributed by atoms with Gasteiger partial charge in [0.05, 0.1) is 17.0 Å². The van der Waals surface area contributed by atoms with E-state index in [-0.39, 0.29) is 11.8 Å². The number of anilines is 1. The zero-order valence-corrected chi connectivity index (χ0v) is 16.5. The van der Waals surface area contributed by atoms with Crippen LogP contribution in [0.3, 0.4) is 0 Å². The summed E-state index contributed by atoms with van der Waals surface area (Å²) in [6, 6.07) is 7.65. The Morgan fingerprint density at radius 1 is 1.00 bits per heavy atom. The second kappa shape index (κ2) is 6.84. The van der Waals surface area contributed by atoms with Crippen molar-refractivity contribution >= 4 is 29.3 Å². The Morgan fingerprint density at radius 3 is 2.26 bits per heavy atom. The van der Waals surface area contributed by atoms with Crippen LogP contribution in [0.1, 0.15) is 61.7 Å². The molecule has 1 aromatic carbocycles. The summed E-state index contributed by atoms with van der Waals surface area (Å²) < 4.78 is 0.342. The highest BCUT2D eigenvalue weighted by Crippen LogP contribution is 2.60. The highest BCUT2D eigenvalue weighted by atomic mass is 32.2. The maximum atomic E-state index is 12.7. The summed E-state index contributed by atoms with van der Waals surface area (Å²) in [5.74, 6) is 3.13. The fourth-order valence-corrected chi connectivity index (χ4v) is 7.46. The molecule has 0 aromatic heterocycles. The first kappa shape index (κ1) is 17.6. The molecule has 0 unspecified atom stereocenters. The zero-order valence-electron chi connectivity index (χ0n) is 15.7. The summed E-state index contributed by atoms with van der Waals surface area (Å²) in [7, 11) is 0. The van der Waals surface area contributed by atoms with E-state index in [9.17, 15) is 9.59 Å². The second-order valence-corrected chi connectivity index (χ2v) is 10.7. The van der Waals surface area contributed by atoms with E-state index in [1.54, 1.807) is 6.07 Å². The van der Waals surface area contributed by atoms with Gasteiger partial charge in [0.25, 0.3) is 5.91 Å². The van der Waals surface area contributed by atoms with Crippen LogP contribution in [0.4, 0.5) is 5.69 Å². The minimum absolute atomic E-state index is 0.0161. The first-order valence-electron chi connectivity index (χ1n) is 10.4. The van der Waals surface area contributed by atoms with Crippen LogP contribution >= 0.6 is 11.8 Å². The van der Waals surface area contributed by atoms with Gasteiger partial charge in [0.2, 0.25) is 5.91 Å². The standard InChI is InChI=1S/C22H28N2O2S/c25-20(13-27-22-10-14-7-15(11-22)9-16(8-14)12-22)24-19-4-2-1-3-18(19)21(26)23-17-5-6-17/h1-4,14-17H,5-13H2,(H,23,26)(H,24,25). The van der Waals surface area contributed by atoms with Crippen LogP contribution in [0.25, 0.3) is 0 Å². The van der Waals surface area contributed by atoms with E-state index in [1.807, 2.05) is 30.0 Å². The first-order valence-corrected chi connectivity index (χ1v) is 11.4. The third-order valence-electron chi connectivity index (χ3n) is 6.85. The smallest absolute Gasteiger partial charge is 0.253 e. The number of rotatable bonds is 6. The summed E-state index contributed by atoms with van der Waals surface area (Å²) in [6.07, 6.45) is 10.3. The van der Waals surface area contributed by atoms with E-state index in [4.69, 9.17) is 0 Å². The lowest BCUT2D eigenvalue weighted by atomic mass is 9.56. The molecule has 5 aliphatic rings. The summed E-state index contributed by atoms with van der Waals surface area (Å²) >= 11 is 1.88. The Kier molecular flexibility index (Phi) is 4.46. The van der Waals surface area contributed by atoms with Gasteiger partial charge in [-0.1, -0.05) is 12.1 Å². The minimum Gasteiger partial charge on any atom is -0.349 e. The molecule has 1 aromatic rings. The number of carbonyl (C=O) groups excluding carboxylic acids is 2. The number of thioether (sulfide) groups is 1. The molecule has 0 spiro atoms. The van der Waals surface area contributed by atoms with Gasteiger partial charge in [-0.2, -0.15) is 0 Å². The molecule has 0 aliphatic heterocycles. The third kappa shape index (κ3) is 3.75. The van der Waals surface area contributed by atoms with Crippen molar-refractivity contribution in [3.63, 3.8) is 0 Å². The molecular formula is C22H28N2O2S. The summed E-state index contributed by atoms with van der Waals surface area (Å²) in [4.78, 5) is 25.1. The Hall–Kier alpha value is -1.49. The number of benzene rings is 1. The third-order valence-corrected chi connectivity index (χ3v) is 8.37. The highest BCUT2D eigenvalue weighted by Gasteiger charge is 2.51. The van der Waals surface area contributed by atoms with Crippen LogP contribution in [0.2, 0.25) is 0 Å². The Labute approximate surface area is 165 Å². The maximum Gasteiger partial charge on any atom is 0.253 e. The normalized spacial score (nSPS) is 33.7. The fourth-order valence-electron chi connectivity index (χ4n) is 5.89. The lowest BCUT2D eigenvalue weighted by Gasteiger charge is -2.56. The average molecular weight is 385 g/mol. The van der Waals surface area contributed by atoms with Crippen molar-refractivity contribution in [1.29, 1.82) is 0 Å². The van der Waals surface area contributed by atoms with Crippen LogP contribution < -0.4 is 10.6 Å². The maximum absolute atomic E-state index is 12.7. The van der Waals surface area contributed by atoms with Crippen molar-refractivity contribution in [2.24, 2.45) is 17.8 Å². The molecule has 5 heteroatoms. The summed E-state index contributed by atoms with van der Waals surface area (Å²) in [5, 5.41) is 6.01. The van der Waals surface area contributed by atoms with Crippen LogP contribution in [0.5, 0.6) is 0 Å². The molecular weight excluding hydrogens is 356 g/mol. The monoisotopic (exact) mass is 384 g/mol. The van der Waals surface area contributed by atoms with Gasteiger partial charge in [0.1, 0.15) is 0 Å². The number of amides is 2. The van der Waals surface area contributed by atoms with Crippen LogP contribution in [-0.4, -0.2) is 28.4 Å². The minimum atomic E-state index is -0.0814. The van der Waals surface area contributed by atoms with Gasteiger partial charge in [0, 0.05) is 10.8 Å².